The van der Waals surface area contributed by atoms with Crippen molar-refractivity contribution in [2.45, 2.75) is 33.7 Å². The van der Waals surface area contributed by atoms with Crippen molar-refractivity contribution in [2.24, 2.45) is 5.92 Å². The zero-order chi connectivity index (χ0) is 17.0. The van der Waals surface area contributed by atoms with E-state index < -0.39 is 15.6 Å². The van der Waals surface area contributed by atoms with Crippen LogP contribution in [0.4, 0.5) is 5.82 Å². The lowest BCUT2D eigenvalue weighted by Crippen LogP contribution is -2.40. The number of nitrogens with zero attached hydrogens (tertiary/aromatic N) is 3. The van der Waals surface area contributed by atoms with Gasteiger partial charge in [-0.05, 0) is 24.5 Å². The lowest BCUT2D eigenvalue weighted by atomic mass is 10.1. The zero-order valence-electron chi connectivity index (χ0n) is 13.9. The quantitative estimate of drug-likeness (QED) is 0.826. The molecule has 1 aliphatic rings. The van der Waals surface area contributed by atoms with Gasteiger partial charge in [0.2, 0.25) is 5.91 Å². The second-order valence-corrected chi connectivity index (χ2v) is 8.35. The molecule has 1 N–H and O–H groups in total. The Morgan fingerprint density at radius 1 is 1.39 bits per heavy atom. The highest BCUT2D eigenvalue weighted by Gasteiger charge is 2.26. The zero-order valence-corrected chi connectivity index (χ0v) is 14.7. The molecule has 0 atom stereocenters. The maximum absolute atomic E-state index is 12.3. The molecule has 0 aliphatic carbocycles. The van der Waals surface area contributed by atoms with Crippen molar-refractivity contribution in [1.29, 1.82) is 0 Å². The van der Waals surface area contributed by atoms with Crippen LogP contribution in [0, 0.1) is 5.92 Å². The number of nitrogens with one attached hydrogen (secondary N) is 1. The van der Waals surface area contributed by atoms with Crippen LogP contribution in [-0.4, -0.2) is 54.0 Å². The van der Waals surface area contributed by atoms with Crippen molar-refractivity contribution >= 4 is 21.6 Å². The summed E-state index contributed by atoms with van der Waals surface area (Å²) in [6.07, 6.45) is 0.602. The van der Waals surface area contributed by atoms with Gasteiger partial charge in [0.05, 0.1) is 11.4 Å². The first-order valence-corrected chi connectivity index (χ1v) is 9.70. The summed E-state index contributed by atoms with van der Waals surface area (Å²) in [4.78, 5) is 13.9. The van der Waals surface area contributed by atoms with Gasteiger partial charge in [-0.1, -0.05) is 13.8 Å². The number of hydrogen-bond acceptors (Lipinski definition) is 6. The summed E-state index contributed by atoms with van der Waals surface area (Å²) in [5.41, 5.74) is 1.80. The fourth-order valence-electron chi connectivity index (χ4n) is 2.66. The van der Waals surface area contributed by atoms with E-state index in [0.29, 0.717) is 25.3 Å². The third-order valence-electron chi connectivity index (χ3n) is 3.58. The van der Waals surface area contributed by atoms with Crippen molar-refractivity contribution in [3.05, 3.63) is 17.3 Å². The van der Waals surface area contributed by atoms with E-state index in [1.54, 1.807) is 4.90 Å². The molecule has 0 aromatic carbocycles. The van der Waals surface area contributed by atoms with Crippen molar-refractivity contribution < 1.29 is 13.2 Å². The maximum Gasteiger partial charge on any atom is 0.238 e. The first kappa shape index (κ1) is 17.7. The molecule has 1 aromatic rings. The van der Waals surface area contributed by atoms with Gasteiger partial charge < -0.3 is 10.2 Å². The molecule has 1 aliphatic heterocycles. The summed E-state index contributed by atoms with van der Waals surface area (Å²) in [6.45, 7) is 7.25. The topological polar surface area (TPSA) is 92.3 Å². The van der Waals surface area contributed by atoms with Gasteiger partial charge in [-0.15, -0.1) is 5.10 Å². The molecule has 23 heavy (non-hydrogen) atoms. The monoisotopic (exact) mass is 340 g/mol. The molecule has 0 spiro atoms. The van der Waals surface area contributed by atoms with Crippen molar-refractivity contribution in [3.63, 3.8) is 0 Å². The molecule has 0 fully saturated rings. The van der Waals surface area contributed by atoms with Crippen LogP contribution in [0.3, 0.4) is 0 Å². The Balaban J connectivity index is 2.06. The second kappa shape index (κ2) is 7.25. The Kier molecular flexibility index (Phi) is 5.56. The number of aromatic nitrogens is 2. The minimum absolute atomic E-state index is 0.0211. The first-order chi connectivity index (χ1) is 10.8. The van der Waals surface area contributed by atoms with Crippen molar-refractivity contribution in [3.8, 4) is 0 Å². The molecule has 0 unspecified atom stereocenters. The number of rotatable bonds is 6. The van der Waals surface area contributed by atoms with Gasteiger partial charge in [-0.2, -0.15) is 5.10 Å². The highest BCUT2D eigenvalue weighted by molar-refractivity contribution is 7.92. The van der Waals surface area contributed by atoms with Gasteiger partial charge in [0.25, 0.3) is 0 Å². The molecule has 0 bridgehead atoms. The SMILES string of the molecule is CCNc1cc2c(nn1)CCN(C(=O)CS(=O)(=O)CC(C)C)C2. The van der Waals surface area contributed by atoms with Crippen molar-refractivity contribution in [2.75, 3.05) is 29.9 Å². The molecular formula is C15H24N4O3S. The number of fused-ring (bicyclic) bond motifs is 1. The second-order valence-electron chi connectivity index (χ2n) is 6.25. The minimum atomic E-state index is -3.36. The Hall–Kier alpha value is -1.70. The summed E-state index contributed by atoms with van der Waals surface area (Å²) in [5.74, 6) is -0.0166. The predicted octanol–water partition coefficient (Wildman–Crippen LogP) is 0.864. The third-order valence-corrected chi connectivity index (χ3v) is 5.44. The lowest BCUT2D eigenvalue weighted by Gasteiger charge is -2.28. The van der Waals surface area contributed by atoms with Crippen LogP contribution in [0.2, 0.25) is 0 Å². The van der Waals surface area contributed by atoms with Crippen LogP contribution in [0.5, 0.6) is 0 Å². The summed E-state index contributed by atoms with van der Waals surface area (Å²) in [6, 6.07) is 1.88. The molecule has 0 saturated heterocycles. The van der Waals surface area contributed by atoms with Gasteiger partial charge in [0.15, 0.2) is 9.84 Å². The van der Waals surface area contributed by atoms with Crippen LogP contribution < -0.4 is 5.32 Å². The van der Waals surface area contributed by atoms with Crippen LogP contribution in [0.1, 0.15) is 32.0 Å². The maximum atomic E-state index is 12.3. The summed E-state index contributed by atoms with van der Waals surface area (Å²) < 4.78 is 24.0. The molecular weight excluding hydrogens is 316 g/mol. The van der Waals surface area contributed by atoms with Gasteiger partial charge >= 0.3 is 0 Å². The average Bonchev–Trinajstić information content (AvgIpc) is 2.44. The molecule has 7 nitrogen and oxygen atoms in total. The minimum Gasteiger partial charge on any atom is -0.369 e. The fourth-order valence-corrected chi connectivity index (χ4v) is 4.35. The first-order valence-electron chi connectivity index (χ1n) is 7.88. The molecule has 2 rings (SSSR count). The van der Waals surface area contributed by atoms with Crippen molar-refractivity contribution in [1.82, 2.24) is 15.1 Å². The number of sulfone groups is 1. The number of carbonyl (C=O) groups excluding carboxylic acids is 1. The fraction of sp³-hybridized carbons (Fsp3) is 0.667. The Labute approximate surface area is 137 Å². The summed E-state index contributed by atoms with van der Waals surface area (Å²) >= 11 is 0. The molecule has 8 heteroatoms. The Bertz CT molecular complexity index is 673. The predicted molar refractivity (Wildman–Crippen MR) is 88.8 cm³/mol. The molecule has 0 radical (unpaired) electrons. The van der Waals surface area contributed by atoms with Gasteiger partial charge in [0, 0.05) is 26.1 Å². The van der Waals surface area contributed by atoms with Gasteiger partial charge in [0.1, 0.15) is 11.6 Å². The van der Waals surface area contributed by atoms with Crippen LogP contribution in [0.25, 0.3) is 0 Å². The molecule has 2 heterocycles. The molecule has 1 amide bonds. The van der Waals surface area contributed by atoms with Gasteiger partial charge in [-0.25, -0.2) is 8.42 Å². The van der Waals surface area contributed by atoms with E-state index in [1.807, 2.05) is 26.8 Å². The highest BCUT2D eigenvalue weighted by atomic mass is 32.2. The third kappa shape index (κ3) is 4.89. The molecule has 1 aromatic heterocycles. The number of carbonyl (C=O) groups is 1. The van der Waals surface area contributed by atoms with Crippen LogP contribution in [-0.2, 0) is 27.6 Å². The number of hydrogen-bond donors (Lipinski definition) is 1. The standard InChI is InChI=1S/C15H24N4O3S/c1-4-16-14-7-12-8-19(6-5-13(12)17-18-14)15(20)10-23(21,22)9-11(2)3/h7,11H,4-6,8-10H2,1-3H3,(H,16,18). The van der Waals surface area contributed by atoms with E-state index in [9.17, 15) is 13.2 Å². The van der Waals surface area contributed by atoms with E-state index >= 15 is 0 Å². The van der Waals surface area contributed by atoms with E-state index in [2.05, 4.69) is 15.5 Å². The summed E-state index contributed by atoms with van der Waals surface area (Å²) in [7, 11) is -3.36. The number of amides is 1. The largest absolute Gasteiger partial charge is 0.369 e. The molecule has 128 valence electrons. The lowest BCUT2D eigenvalue weighted by molar-refractivity contribution is -0.129. The van der Waals surface area contributed by atoms with Crippen LogP contribution >= 0.6 is 0 Å². The Morgan fingerprint density at radius 3 is 2.78 bits per heavy atom. The van der Waals surface area contributed by atoms with E-state index in [0.717, 1.165) is 17.8 Å². The normalized spacial score (nSPS) is 14.7. The smallest absolute Gasteiger partial charge is 0.238 e. The Morgan fingerprint density at radius 2 is 2.13 bits per heavy atom. The van der Waals surface area contributed by atoms with E-state index in [1.165, 1.54) is 0 Å². The van der Waals surface area contributed by atoms with E-state index in [4.69, 9.17) is 0 Å². The van der Waals surface area contributed by atoms with Crippen LogP contribution in [0.15, 0.2) is 6.07 Å². The van der Waals surface area contributed by atoms with E-state index in [-0.39, 0.29) is 17.6 Å². The molecule has 0 saturated carbocycles. The summed E-state index contributed by atoms with van der Waals surface area (Å²) in [5, 5.41) is 11.3. The average molecular weight is 340 g/mol. The number of anilines is 1. The van der Waals surface area contributed by atoms with Gasteiger partial charge in [-0.3, -0.25) is 4.79 Å². The highest BCUT2D eigenvalue weighted by Crippen LogP contribution is 2.19.